The second-order valence-corrected chi connectivity index (χ2v) is 4.29. The van der Waals surface area contributed by atoms with E-state index in [1.807, 2.05) is 31.2 Å². The number of rotatable bonds is 6. The van der Waals surface area contributed by atoms with Crippen LogP contribution in [0.1, 0.15) is 30.8 Å². The lowest BCUT2D eigenvalue weighted by atomic mass is 10.0. The summed E-state index contributed by atoms with van der Waals surface area (Å²) in [6, 6.07) is 7.93. The molecule has 0 aliphatic carbocycles. The SMILES string of the molecule is CCC(OC)c1noc(-c2ccccc2CCN)n1. The minimum absolute atomic E-state index is 0.126. The van der Waals surface area contributed by atoms with Crippen LogP contribution in [0, 0.1) is 0 Å². The first-order chi connectivity index (χ1) is 9.30. The minimum atomic E-state index is -0.126. The summed E-state index contributed by atoms with van der Waals surface area (Å²) in [5, 5.41) is 3.99. The maximum Gasteiger partial charge on any atom is 0.258 e. The van der Waals surface area contributed by atoms with Crippen LogP contribution in [0.5, 0.6) is 0 Å². The summed E-state index contributed by atoms with van der Waals surface area (Å²) in [5.74, 6) is 1.11. The number of nitrogens with two attached hydrogens (primary N) is 1. The number of ether oxygens (including phenoxy) is 1. The molecule has 1 unspecified atom stereocenters. The molecule has 1 atom stereocenters. The molecule has 1 heterocycles. The second-order valence-electron chi connectivity index (χ2n) is 4.29. The largest absolute Gasteiger partial charge is 0.373 e. The van der Waals surface area contributed by atoms with E-state index in [0.717, 1.165) is 24.0 Å². The summed E-state index contributed by atoms with van der Waals surface area (Å²) in [6.07, 6.45) is 1.47. The van der Waals surface area contributed by atoms with Crippen LogP contribution in [0.3, 0.4) is 0 Å². The van der Waals surface area contributed by atoms with Crippen molar-refractivity contribution in [1.29, 1.82) is 0 Å². The molecule has 0 saturated carbocycles. The lowest BCUT2D eigenvalue weighted by Gasteiger charge is -2.06. The normalized spacial score (nSPS) is 12.6. The molecule has 19 heavy (non-hydrogen) atoms. The van der Waals surface area contributed by atoms with Gasteiger partial charge in [0, 0.05) is 12.7 Å². The quantitative estimate of drug-likeness (QED) is 0.863. The summed E-state index contributed by atoms with van der Waals surface area (Å²) in [7, 11) is 1.65. The van der Waals surface area contributed by atoms with Crippen LogP contribution in [0.25, 0.3) is 11.5 Å². The highest BCUT2D eigenvalue weighted by Gasteiger charge is 2.18. The third-order valence-corrected chi connectivity index (χ3v) is 3.05. The molecular formula is C14H19N3O2. The zero-order valence-electron chi connectivity index (χ0n) is 11.3. The smallest absolute Gasteiger partial charge is 0.258 e. The Balaban J connectivity index is 2.32. The van der Waals surface area contributed by atoms with Gasteiger partial charge in [0.25, 0.3) is 5.89 Å². The van der Waals surface area contributed by atoms with Crippen molar-refractivity contribution in [2.45, 2.75) is 25.9 Å². The Kier molecular flexibility index (Phi) is 4.65. The first-order valence-corrected chi connectivity index (χ1v) is 6.44. The van der Waals surface area contributed by atoms with Crippen molar-refractivity contribution >= 4 is 0 Å². The lowest BCUT2D eigenvalue weighted by molar-refractivity contribution is 0.0903. The Bertz CT molecular complexity index is 521. The van der Waals surface area contributed by atoms with Gasteiger partial charge in [-0.2, -0.15) is 4.98 Å². The predicted octanol–water partition coefficient (Wildman–Crippen LogP) is 2.34. The molecule has 2 N–H and O–H groups in total. The van der Waals surface area contributed by atoms with Crippen LogP contribution in [0.15, 0.2) is 28.8 Å². The van der Waals surface area contributed by atoms with Crippen molar-refractivity contribution < 1.29 is 9.26 Å². The van der Waals surface area contributed by atoms with Crippen LogP contribution in [0.2, 0.25) is 0 Å². The molecular weight excluding hydrogens is 242 g/mol. The van der Waals surface area contributed by atoms with Gasteiger partial charge < -0.3 is 15.0 Å². The van der Waals surface area contributed by atoms with Gasteiger partial charge in [0.05, 0.1) is 0 Å². The van der Waals surface area contributed by atoms with Crippen LogP contribution < -0.4 is 5.73 Å². The average Bonchev–Trinajstić information content (AvgIpc) is 2.91. The van der Waals surface area contributed by atoms with Crippen molar-refractivity contribution in [3.8, 4) is 11.5 Å². The number of methoxy groups -OCH3 is 1. The highest BCUT2D eigenvalue weighted by Crippen LogP contribution is 2.25. The van der Waals surface area contributed by atoms with Gasteiger partial charge in [-0.3, -0.25) is 0 Å². The zero-order valence-corrected chi connectivity index (χ0v) is 11.3. The molecule has 2 rings (SSSR count). The molecule has 0 bridgehead atoms. The zero-order chi connectivity index (χ0) is 13.7. The second kappa shape index (κ2) is 6.45. The number of benzene rings is 1. The van der Waals surface area contributed by atoms with Gasteiger partial charge in [0.2, 0.25) is 5.82 Å². The van der Waals surface area contributed by atoms with E-state index in [1.54, 1.807) is 7.11 Å². The Morgan fingerprint density at radius 3 is 2.84 bits per heavy atom. The Labute approximate surface area is 112 Å². The fraction of sp³-hybridized carbons (Fsp3) is 0.429. The van der Waals surface area contributed by atoms with E-state index < -0.39 is 0 Å². The first kappa shape index (κ1) is 13.7. The summed E-state index contributed by atoms with van der Waals surface area (Å²) in [5.41, 5.74) is 7.68. The molecule has 2 aromatic rings. The van der Waals surface area contributed by atoms with Gasteiger partial charge in [0.15, 0.2) is 0 Å². The van der Waals surface area contributed by atoms with E-state index in [1.165, 1.54) is 0 Å². The number of hydrogen-bond donors (Lipinski definition) is 1. The topological polar surface area (TPSA) is 74.2 Å². The molecule has 1 aromatic heterocycles. The number of aromatic nitrogens is 2. The predicted molar refractivity (Wildman–Crippen MR) is 72.5 cm³/mol. The molecule has 5 heteroatoms. The van der Waals surface area contributed by atoms with Crippen LogP contribution in [0.4, 0.5) is 0 Å². The summed E-state index contributed by atoms with van der Waals surface area (Å²) >= 11 is 0. The summed E-state index contributed by atoms with van der Waals surface area (Å²) in [4.78, 5) is 4.42. The first-order valence-electron chi connectivity index (χ1n) is 6.44. The lowest BCUT2D eigenvalue weighted by Crippen LogP contribution is -2.04. The van der Waals surface area contributed by atoms with E-state index in [9.17, 15) is 0 Å². The van der Waals surface area contributed by atoms with E-state index in [0.29, 0.717) is 18.3 Å². The standard InChI is InChI=1S/C14H19N3O2/c1-3-12(18-2)13-16-14(19-17-13)11-7-5-4-6-10(11)8-9-15/h4-7,12H,3,8-9,15H2,1-2H3. The summed E-state index contributed by atoms with van der Waals surface area (Å²) < 4.78 is 10.6. The van der Waals surface area contributed by atoms with Crippen molar-refractivity contribution in [1.82, 2.24) is 10.1 Å². The van der Waals surface area contributed by atoms with Crippen molar-refractivity contribution in [3.63, 3.8) is 0 Å². The van der Waals surface area contributed by atoms with Gasteiger partial charge in [-0.05, 0) is 31.0 Å². The molecule has 1 aromatic carbocycles. The van der Waals surface area contributed by atoms with E-state index in [2.05, 4.69) is 10.1 Å². The third-order valence-electron chi connectivity index (χ3n) is 3.05. The highest BCUT2D eigenvalue weighted by atomic mass is 16.5. The number of nitrogens with zero attached hydrogens (tertiary/aromatic N) is 2. The van der Waals surface area contributed by atoms with E-state index in [-0.39, 0.29) is 6.10 Å². The number of hydrogen-bond acceptors (Lipinski definition) is 5. The van der Waals surface area contributed by atoms with Crippen LogP contribution >= 0.6 is 0 Å². The molecule has 0 spiro atoms. The monoisotopic (exact) mass is 261 g/mol. The molecule has 0 fully saturated rings. The average molecular weight is 261 g/mol. The Hall–Kier alpha value is -1.72. The van der Waals surface area contributed by atoms with Gasteiger partial charge in [-0.1, -0.05) is 30.3 Å². The minimum Gasteiger partial charge on any atom is -0.373 e. The van der Waals surface area contributed by atoms with E-state index in [4.69, 9.17) is 15.0 Å². The van der Waals surface area contributed by atoms with Crippen molar-refractivity contribution in [3.05, 3.63) is 35.7 Å². The molecule has 102 valence electrons. The molecule has 0 saturated heterocycles. The molecule has 5 nitrogen and oxygen atoms in total. The van der Waals surface area contributed by atoms with Crippen molar-refractivity contribution in [2.75, 3.05) is 13.7 Å². The van der Waals surface area contributed by atoms with Gasteiger partial charge in [0.1, 0.15) is 6.10 Å². The molecule has 0 amide bonds. The molecule has 0 aliphatic heterocycles. The van der Waals surface area contributed by atoms with Gasteiger partial charge >= 0.3 is 0 Å². The molecule has 0 aliphatic rings. The fourth-order valence-electron chi connectivity index (χ4n) is 2.03. The summed E-state index contributed by atoms with van der Waals surface area (Å²) in [6.45, 7) is 2.61. The van der Waals surface area contributed by atoms with Crippen molar-refractivity contribution in [2.24, 2.45) is 5.73 Å². The highest BCUT2D eigenvalue weighted by molar-refractivity contribution is 5.58. The maximum absolute atomic E-state index is 5.62. The third kappa shape index (κ3) is 3.00. The maximum atomic E-state index is 5.62. The molecule has 0 radical (unpaired) electrons. The van der Waals surface area contributed by atoms with E-state index >= 15 is 0 Å². The van der Waals surface area contributed by atoms with Crippen LogP contribution in [-0.4, -0.2) is 23.8 Å². The fourth-order valence-corrected chi connectivity index (χ4v) is 2.03. The Morgan fingerprint density at radius 1 is 1.37 bits per heavy atom. The Morgan fingerprint density at radius 2 is 2.16 bits per heavy atom. The van der Waals surface area contributed by atoms with Gasteiger partial charge in [-0.15, -0.1) is 0 Å². The van der Waals surface area contributed by atoms with Crippen LogP contribution in [-0.2, 0) is 11.2 Å². The van der Waals surface area contributed by atoms with Gasteiger partial charge in [-0.25, -0.2) is 0 Å².